The number of nitrogens with one attached hydrogen (secondary N) is 1. The fourth-order valence-electron chi connectivity index (χ4n) is 2.78. The van der Waals surface area contributed by atoms with Crippen molar-refractivity contribution in [2.45, 2.75) is 43.8 Å². The first kappa shape index (κ1) is 10.9. The maximum Gasteiger partial charge on any atom is 0.319 e. The van der Waals surface area contributed by atoms with Crippen LogP contribution in [-0.4, -0.2) is 49.7 Å². The summed E-state index contributed by atoms with van der Waals surface area (Å²) in [6, 6.07) is 1.89. The molecule has 0 aromatic carbocycles. The Morgan fingerprint density at radius 2 is 2.00 bits per heavy atom. The third-order valence-electron chi connectivity index (χ3n) is 3.68. The van der Waals surface area contributed by atoms with Crippen molar-refractivity contribution in [3.8, 4) is 0 Å². The molecule has 1 N–H and O–H groups in total. The number of rotatable bonds is 3. The molecule has 0 amide bonds. The number of nitrogens with zero attached hydrogens (tertiary/aromatic N) is 1. The van der Waals surface area contributed by atoms with Gasteiger partial charge in [0, 0.05) is 18.1 Å². The largest absolute Gasteiger partial charge is 0.468 e. The van der Waals surface area contributed by atoms with Gasteiger partial charge in [-0.2, -0.15) is 0 Å². The summed E-state index contributed by atoms with van der Waals surface area (Å²) in [5.41, 5.74) is 0. The molecule has 4 nitrogen and oxygen atoms in total. The zero-order valence-electron chi connectivity index (χ0n) is 9.53. The summed E-state index contributed by atoms with van der Waals surface area (Å²) >= 11 is 0. The van der Waals surface area contributed by atoms with Crippen LogP contribution in [0.4, 0.5) is 0 Å². The second-order valence-corrected chi connectivity index (χ2v) is 4.75. The van der Waals surface area contributed by atoms with E-state index in [1.165, 1.54) is 32.8 Å². The molecule has 15 heavy (non-hydrogen) atoms. The van der Waals surface area contributed by atoms with Crippen LogP contribution in [0.5, 0.6) is 0 Å². The molecule has 2 aliphatic rings. The Balaban J connectivity index is 1.85. The van der Waals surface area contributed by atoms with E-state index in [1.807, 2.05) is 7.05 Å². The Kier molecular flexibility index (Phi) is 3.26. The lowest BCUT2D eigenvalue weighted by Gasteiger charge is -2.34. The lowest BCUT2D eigenvalue weighted by atomic mass is 9.99. The van der Waals surface area contributed by atoms with E-state index >= 15 is 0 Å². The normalized spacial score (nSPS) is 34.5. The van der Waals surface area contributed by atoms with Gasteiger partial charge in [-0.1, -0.05) is 0 Å². The van der Waals surface area contributed by atoms with Gasteiger partial charge >= 0.3 is 5.97 Å². The zero-order chi connectivity index (χ0) is 10.8. The third kappa shape index (κ3) is 2.49. The first-order valence-electron chi connectivity index (χ1n) is 5.72. The van der Waals surface area contributed by atoms with Gasteiger partial charge in [0.25, 0.3) is 0 Å². The number of likely N-dealkylation sites (N-methyl/N-ethyl adjacent to an activating group) is 1. The first-order chi connectivity index (χ1) is 7.19. The fraction of sp³-hybridized carbons (Fsp3) is 0.909. The van der Waals surface area contributed by atoms with Gasteiger partial charge in [-0.25, -0.2) is 0 Å². The van der Waals surface area contributed by atoms with Crippen molar-refractivity contribution in [2.24, 2.45) is 0 Å². The molecule has 2 aliphatic heterocycles. The molecule has 86 valence electrons. The number of hydrogen-bond acceptors (Lipinski definition) is 4. The Hall–Kier alpha value is -0.610. The van der Waals surface area contributed by atoms with E-state index in [1.54, 1.807) is 0 Å². The van der Waals surface area contributed by atoms with Crippen molar-refractivity contribution in [3.05, 3.63) is 0 Å². The third-order valence-corrected chi connectivity index (χ3v) is 3.68. The van der Waals surface area contributed by atoms with E-state index in [9.17, 15) is 4.79 Å². The van der Waals surface area contributed by atoms with Crippen molar-refractivity contribution in [3.63, 3.8) is 0 Å². The van der Waals surface area contributed by atoms with Crippen LogP contribution in [0.1, 0.15) is 25.7 Å². The summed E-state index contributed by atoms with van der Waals surface area (Å²) in [6.45, 7) is 0.417. The van der Waals surface area contributed by atoms with Crippen LogP contribution in [0.15, 0.2) is 0 Å². The molecule has 2 bridgehead atoms. The Labute approximate surface area is 91.0 Å². The second-order valence-electron chi connectivity index (χ2n) is 4.75. The topological polar surface area (TPSA) is 41.6 Å². The highest BCUT2D eigenvalue weighted by Crippen LogP contribution is 2.29. The summed E-state index contributed by atoms with van der Waals surface area (Å²) < 4.78 is 4.68. The molecule has 0 aliphatic carbocycles. The first-order valence-corrected chi connectivity index (χ1v) is 5.72. The maximum atomic E-state index is 11.2. The van der Waals surface area contributed by atoms with Crippen LogP contribution >= 0.6 is 0 Å². The molecule has 2 fully saturated rings. The average molecular weight is 212 g/mol. The number of piperidine rings is 1. The fourth-order valence-corrected chi connectivity index (χ4v) is 2.78. The van der Waals surface area contributed by atoms with Crippen LogP contribution in [0, 0.1) is 0 Å². The Bertz CT molecular complexity index is 233. The number of fused-ring (bicyclic) bond motifs is 2. The predicted octanol–water partition coefficient (Wildman–Crippen LogP) is 0.374. The van der Waals surface area contributed by atoms with E-state index in [4.69, 9.17) is 0 Å². The highest BCUT2D eigenvalue weighted by molar-refractivity contribution is 5.71. The summed E-state index contributed by atoms with van der Waals surface area (Å²) in [4.78, 5) is 13.3. The van der Waals surface area contributed by atoms with Crippen LogP contribution in [-0.2, 0) is 9.53 Å². The Morgan fingerprint density at radius 3 is 2.53 bits per heavy atom. The molecule has 0 aromatic heterocycles. The molecule has 0 spiro atoms. The number of carbonyl (C=O) groups is 1. The quantitative estimate of drug-likeness (QED) is 0.686. The second kappa shape index (κ2) is 4.49. The Morgan fingerprint density at radius 1 is 1.40 bits per heavy atom. The number of carbonyl (C=O) groups excluding carboxylic acids is 1. The van der Waals surface area contributed by atoms with Gasteiger partial charge < -0.3 is 10.1 Å². The van der Waals surface area contributed by atoms with Crippen molar-refractivity contribution in [1.82, 2.24) is 10.2 Å². The highest BCUT2D eigenvalue weighted by atomic mass is 16.5. The monoisotopic (exact) mass is 212 g/mol. The molecule has 2 unspecified atom stereocenters. The van der Waals surface area contributed by atoms with E-state index < -0.39 is 0 Å². The number of esters is 1. The van der Waals surface area contributed by atoms with Gasteiger partial charge in [-0.3, -0.25) is 9.69 Å². The van der Waals surface area contributed by atoms with Crippen molar-refractivity contribution >= 4 is 5.97 Å². The molecule has 0 radical (unpaired) electrons. The zero-order valence-corrected chi connectivity index (χ0v) is 9.53. The minimum absolute atomic E-state index is 0.136. The molecule has 2 atom stereocenters. The maximum absolute atomic E-state index is 11.2. The van der Waals surface area contributed by atoms with E-state index in [-0.39, 0.29) is 5.97 Å². The minimum atomic E-state index is -0.136. The van der Waals surface area contributed by atoms with Gasteiger partial charge in [-0.15, -0.1) is 0 Å². The van der Waals surface area contributed by atoms with Gasteiger partial charge in [0.15, 0.2) is 0 Å². The minimum Gasteiger partial charge on any atom is -0.468 e. The van der Waals surface area contributed by atoms with Crippen LogP contribution in [0.25, 0.3) is 0 Å². The predicted molar refractivity (Wildman–Crippen MR) is 57.6 cm³/mol. The summed E-state index contributed by atoms with van der Waals surface area (Å²) in [5, 5.41) is 3.60. The lowest BCUT2D eigenvalue weighted by Crippen LogP contribution is -2.48. The average Bonchev–Trinajstić information content (AvgIpc) is 2.57. The molecule has 2 saturated heterocycles. The molecule has 0 aromatic rings. The van der Waals surface area contributed by atoms with Gasteiger partial charge in [0.2, 0.25) is 0 Å². The molecule has 2 rings (SSSR count). The number of hydrogen-bond donors (Lipinski definition) is 1. The molecular formula is C11H20N2O2. The number of methoxy groups -OCH3 is 1. The van der Waals surface area contributed by atoms with E-state index in [0.717, 1.165) is 0 Å². The summed E-state index contributed by atoms with van der Waals surface area (Å²) in [6.07, 6.45) is 4.94. The molecule has 0 saturated carbocycles. The SMILES string of the molecule is COC(=O)CN(C)C1CC2CCC(C1)N2. The van der Waals surface area contributed by atoms with E-state index in [2.05, 4.69) is 15.0 Å². The van der Waals surface area contributed by atoms with Gasteiger partial charge in [0.05, 0.1) is 13.7 Å². The van der Waals surface area contributed by atoms with Gasteiger partial charge in [0.1, 0.15) is 0 Å². The smallest absolute Gasteiger partial charge is 0.319 e. The van der Waals surface area contributed by atoms with Crippen LogP contribution in [0.3, 0.4) is 0 Å². The molecule has 4 heteroatoms. The summed E-state index contributed by atoms with van der Waals surface area (Å²) in [5.74, 6) is -0.136. The van der Waals surface area contributed by atoms with Gasteiger partial charge in [-0.05, 0) is 32.7 Å². The molecular weight excluding hydrogens is 192 g/mol. The highest BCUT2D eigenvalue weighted by Gasteiger charge is 2.35. The summed E-state index contributed by atoms with van der Waals surface area (Å²) in [7, 11) is 3.47. The molecule has 2 heterocycles. The van der Waals surface area contributed by atoms with Crippen molar-refractivity contribution in [1.29, 1.82) is 0 Å². The number of ether oxygens (including phenoxy) is 1. The van der Waals surface area contributed by atoms with Crippen molar-refractivity contribution < 1.29 is 9.53 Å². The van der Waals surface area contributed by atoms with E-state index in [0.29, 0.717) is 24.7 Å². The van der Waals surface area contributed by atoms with Crippen LogP contribution < -0.4 is 5.32 Å². The standard InChI is InChI=1S/C11H20N2O2/c1-13(7-11(14)15-2)10-5-8-3-4-9(6-10)12-8/h8-10,12H,3-7H2,1-2H3. The lowest BCUT2D eigenvalue weighted by molar-refractivity contribution is -0.142. The van der Waals surface area contributed by atoms with Crippen molar-refractivity contribution in [2.75, 3.05) is 20.7 Å². The van der Waals surface area contributed by atoms with Crippen LogP contribution in [0.2, 0.25) is 0 Å².